The lowest BCUT2D eigenvalue weighted by Crippen LogP contribution is -2.53. The second kappa shape index (κ2) is 5.31. The summed E-state index contributed by atoms with van der Waals surface area (Å²) in [5.74, 6) is 2.24. The molecule has 0 unspecified atom stereocenters. The molecule has 22 heavy (non-hydrogen) atoms. The first-order valence-corrected chi connectivity index (χ1v) is 8.72. The topological polar surface area (TPSA) is 38.3 Å². The van der Waals surface area contributed by atoms with Crippen molar-refractivity contribution in [2.45, 2.75) is 44.1 Å². The number of ether oxygens (including phenoxy) is 1. The van der Waals surface area contributed by atoms with Crippen molar-refractivity contribution in [3.63, 3.8) is 0 Å². The highest BCUT2D eigenvalue weighted by molar-refractivity contribution is 6.36. The van der Waals surface area contributed by atoms with Crippen LogP contribution in [0.5, 0.6) is 0 Å². The molecule has 1 aromatic carbocycles. The van der Waals surface area contributed by atoms with Gasteiger partial charge in [0.15, 0.2) is 0 Å². The van der Waals surface area contributed by atoms with Gasteiger partial charge in [0, 0.05) is 5.02 Å². The molecule has 1 amide bonds. The molecule has 5 heteroatoms. The zero-order chi connectivity index (χ0) is 15.3. The highest BCUT2D eigenvalue weighted by atomic mass is 35.5. The Morgan fingerprint density at radius 1 is 1.09 bits per heavy atom. The molecule has 0 saturated heterocycles. The number of carbonyl (C=O) groups is 1. The van der Waals surface area contributed by atoms with Crippen LogP contribution in [0.4, 0.5) is 10.5 Å². The fourth-order valence-electron chi connectivity index (χ4n) is 5.08. The van der Waals surface area contributed by atoms with Gasteiger partial charge in [-0.05, 0) is 74.5 Å². The Morgan fingerprint density at radius 2 is 1.68 bits per heavy atom. The molecule has 1 N–H and O–H groups in total. The van der Waals surface area contributed by atoms with Crippen molar-refractivity contribution in [3.05, 3.63) is 28.2 Å². The average molecular weight is 340 g/mol. The van der Waals surface area contributed by atoms with Gasteiger partial charge in [0.1, 0.15) is 5.60 Å². The number of rotatable bonds is 2. The molecule has 4 bridgehead atoms. The van der Waals surface area contributed by atoms with E-state index in [1.54, 1.807) is 18.2 Å². The van der Waals surface area contributed by atoms with Crippen LogP contribution >= 0.6 is 23.2 Å². The van der Waals surface area contributed by atoms with E-state index in [4.69, 9.17) is 27.9 Å². The van der Waals surface area contributed by atoms with Gasteiger partial charge in [-0.3, -0.25) is 5.32 Å². The third-order valence-corrected chi connectivity index (χ3v) is 6.01. The van der Waals surface area contributed by atoms with Crippen LogP contribution in [0, 0.1) is 17.8 Å². The molecule has 4 saturated carbocycles. The van der Waals surface area contributed by atoms with Gasteiger partial charge in [0.05, 0.1) is 10.7 Å². The molecule has 4 aliphatic rings. The van der Waals surface area contributed by atoms with Crippen LogP contribution in [0.1, 0.15) is 38.5 Å². The van der Waals surface area contributed by atoms with Crippen molar-refractivity contribution < 1.29 is 9.53 Å². The number of amides is 1. The molecule has 0 aliphatic heterocycles. The van der Waals surface area contributed by atoms with Gasteiger partial charge in [0.25, 0.3) is 0 Å². The minimum Gasteiger partial charge on any atom is -0.443 e. The fourth-order valence-corrected chi connectivity index (χ4v) is 5.53. The highest BCUT2D eigenvalue weighted by Crippen LogP contribution is 2.57. The Balaban J connectivity index is 1.46. The molecule has 118 valence electrons. The number of carbonyl (C=O) groups excluding carboxylic acids is 1. The summed E-state index contributed by atoms with van der Waals surface area (Å²) in [6.45, 7) is 0. The minimum absolute atomic E-state index is 0.238. The number of anilines is 1. The summed E-state index contributed by atoms with van der Waals surface area (Å²) in [7, 11) is 0. The van der Waals surface area contributed by atoms with Crippen molar-refractivity contribution in [3.8, 4) is 0 Å². The van der Waals surface area contributed by atoms with Crippen molar-refractivity contribution >= 4 is 35.0 Å². The predicted molar refractivity (Wildman–Crippen MR) is 87.5 cm³/mol. The van der Waals surface area contributed by atoms with E-state index in [1.807, 2.05) is 0 Å². The lowest BCUT2D eigenvalue weighted by molar-refractivity contribution is -0.124. The lowest BCUT2D eigenvalue weighted by atomic mass is 9.54. The first-order chi connectivity index (χ1) is 10.5. The van der Waals surface area contributed by atoms with Crippen molar-refractivity contribution in [2.24, 2.45) is 17.8 Å². The van der Waals surface area contributed by atoms with Gasteiger partial charge in [-0.1, -0.05) is 23.2 Å². The smallest absolute Gasteiger partial charge is 0.412 e. The number of nitrogens with one attached hydrogen (secondary N) is 1. The zero-order valence-electron chi connectivity index (χ0n) is 12.3. The summed E-state index contributed by atoms with van der Waals surface area (Å²) in [4.78, 5) is 12.3. The van der Waals surface area contributed by atoms with Gasteiger partial charge in [0.2, 0.25) is 0 Å². The van der Waals surface area contributed by atoms with E-state index < -0.39 is 6.09 Å². The van der Waals surface area contributed by atoms with E-state index >= 15 is 0 Å². The molecule has 0 heterocycles. The molecule has 4 aliphatic carbocycles. The third kappa shape index (κ3) is 2.69. The highest BCUT2D eigenvalue weighted by Gasteiger charge is 2.53. The summed E-state index contributed by atoms with van der Waals surface area (Å²) in [5, 5.41) is 3.73. The summed E-state index contributed by atoms with van der Waals surface area (Å²) < 4.78 is 5.90. The largest absolute Gasteiger partial charge is 0.443 e. The van der Waals surface area contributed by atoms with E-state index in [9.17, 15) is 4.79 Å². The van der Waals surface area contributed by atoms with E-state index in [-0.39, 0.29) is 5.60 Å². The summed E-state index contributed by atoms with van der Waals surface area (Å²) in [5.41, 5.74) is 0.304. The summed E-state index contributed by atoms with van der Waals surface area (Å²) in [6.07, 6.45) is 6.67. The maximum atomic E-state index is 12.3. The molecule has 4 fully saturated rings. The molecule has 0 spiro atoms. The van der Waals surface area contributed by atoms with Crippen molar-refractivity contribution in [1.29, 1.82) is 0 Å². The molecule has 5 rings (SSSR count). The van der Waals surface area contributed by atoms with Crippen molar-refractivity contribution in [2.75, 3.05) is 5.32 Å². The van der Waals surface area contributed by atoms with Crippen LogP contribution in [0.2, 0.25) is 10.0 Å². The molecule has 0 aromatic heterocycles. The molecule has 0 atom stereocenters. The Morgan fingerprint density at radius 3 is 2.23 bits per heavy atom. The minimum atomic E-state index is -0.397. The third-order valence-electron chi connectivity index (χ3n) is 5.46. The first-order valence-electron chi connectivity index (χ1n) is 7.96. The summed E-state index contributed by atoms with van der Waals surface area (Å²) >= 11 is 12.0. The van der Waals surface area contributed by atoms with Gasteiger partial charge >= 0.3 is 6.09 Å². The quantitative estimate of drug-likeness (QED) is 0.771. The van der Waals surface area contributed by atoms with Crippen LogP contribution in [0.3, 0.4) is 0 Å². The fraction of sp³-hybridized carbons (Fsp3) is 0.588. The van der Waals surface area contributed by atoms with Crippen molar-refractivity contribution in [1.82, 2.24) is 0 Å². The Hall–Kier alpha value is -0.930. The lowest BCUT2D eigenvalue weighted by Gasteiger charge is -2.55. The Bertz CT molecular complexity index is 581. The first kappa shape index (κ1) is 14.6. The van der Waals surface area contributed by atoms with Crippen LogP contribution in [0.15, 0.2) is 18.2 Å². The number of hydrogen-bond donors (Lipinski definition) is 1. The average Bonchev–Trinajstić information content (AvgIpc) is 2.39. The maximum Gasteiger partial charge on any atom is 0.412 e. The van der Waals surface area contributed by atoms with E-state index in [0.29, 0.717) is 15.7 Å². The van der Waals surface area contributed by atoms with Gasteiger partial charge in [-0.25, -0.2) is 4.79 Å². The van der Waals surface area contributed by atoms with Crippen LogP contribution in [-0.2, 0) is 4.74 Å². The Labute approximate surface area is 140 Å². The second-order valence-electron chi connectivity index (χ2n) is 7.24. The standard InChI is InChI=1S/C17H19Cl2NO2/c18-13-1-2-15(14(19)6-13)20-16(21)22-17-7-10-3-11(8-17)5-12(4-10)9-17/h1-2,6,10-12H,3-5,7-9H2,(H,20,21). The molecular weight excluding hydrogens is 321 g/mol. The summed E-state index contributed by atoms with van der Waals surface area (Å²) in [6, 6.07) is 5.02. The number of halogens is 2. The molecule has 1 aromatic rings. The van der Waals surface area contributed by atoms with Gasteiger partial charge < -0.3 is 4.74 Å². The normalized spacial score (nSPS) is 35.5. The predicted octanol–water partition coefficient (Wildman–Crippen LogP) is 5.51. The van der Waals surface area contributed by atoms with Gasteiger partial charge in [-0.15, -0.1) is 0 Å². The van der Waals surface area contributed by atoms with E-state index in [0.717, 1.165) is 37.0 Å². The van der Waals surface area contributed by atoms with Crippen LogP contribution < -0.4 is 5.32 Å². The maximum absolute atomic E-state index is 12.3. The SMILES string of the molecule is O=C(Nc1ccc(Cl)cc1Cl)OC12CC3CC(CC(C3)C1)C2. The number of hydrogen-bond acceptors (Lipinski definition) is 2. The van der Waals surface area contributed by atoms with Gasteiger partial charge in [-0.2, -0.15) is 0 Å². The molecule has 3 nitrogen and oxygen atoms in total. The van der Waals surface area contributed by atoms with E-state index in [1.165, 1.54) is 19.3 Å². The second-order valence-corrected chi connectivity index (χ2v) is 8.08. The van der Waals surface area contributed by atoms with Crippen LogP contribution in [0.25, 0.3) is 0 Å². The Kier molecular flexibility index (Phi) is 3.54. The monoisotopic (exact) mass is 339 g/mol. The number of benzene rings is 1. The zero-order valence-corrected chi connectivity index (χ0v) is 13.8. The van der Waals surface area contributed by atoms with Crippen LogP contribution in [-0.4, -0.2) is 11.7 Å². The molecular formula is C17H19Cl2NO2. The van der Waals surface area contributed by atoms with E-state index in [2.05, 4.69) is 5.32 Å². The molecule has 0 radical (unpaired) electrons.